The molecule has 1 aromatic carbocycles. The monoisotopic (exact) mass is 199 g/mol. The molecule has 1 aromatic rings. The normalized spacial score (nSPS) is 12.0. The molecule has 1 rings (SSSR count). The Morgan fingerprint density at radius 2 is 1.93 bits per heavy atom. The van der Waals surface area contributed by atoms with Gasteiger partial charge in [0.25, 0.3) is 0 Å². The third kappa shape index (κ3) is 3.56. The maximum Gasteiger partial charge on any atom is 0.0178 e. The van der Waals surface area contributed by atoms with E-state index in [-0.39, 0.29) is 0 Å². The zero-order valence-electron chi connectivity index (χ0n) is 9.11. The van der Waals surface area contributed by atoms with Crippen LogP contribution in [0.4, 0.5) is 0 Å². The summed E-state index contributed by atoms with van der Waals surface area (Å²) < 4.78 is 0. The molecule has 2 N–H and O–H groups in total. The molecule has 0 fully saturated rings. The Balaban J connectivity index is 2.82. The zero-order valence-corrected chi connectivity index (χ0v) is 9.11. The highest BCUT2D eigenvalue weighted by Gasteiger charge is 1.94. The minimum atomic E-state index is 0.597. The summed E-state index contributed by atoms with van der Waals surface area (Å²) in [5, 5.41) is 0. The van der Waals surface area contributed by atoms with Crippen molar-refractivity contribution in [2.45, 2.75) is 13.5 Å². The van der Waals surface area contributed by atoms with Crippen LogP contribution < -0.4 is 5.73 Å². The minimum Gasteiger partial charge on any atom is -0.326 e. The fourth-order valence-corrected chi connectivity index (χ4v) is 1.28. The molecule has 0 unspecified atom stereocenters. The summed E-state index contributed by atoms with van der Waals surface area (Å²) in [6.45, 7) is 6.31. The van der Waals surface area contributed by atoms with Crippen molar-refractivity contribution >= 4 is 5.57 Å². The molecule has 0 aliphatic heterocycles. The number of allylic oxidation sites excluding steroid dienone is 5. The summed E-state index contributed by atoms with van der Waals surface area (Å²) in [4.78, 5) is 0. The molecule has 0 aliphatic carbocycles. The molecule has 0 heterocycles. The molecular formula is C14H17N. The average molecular weight is 199 g/mol. The van der Waals surface area contributed by atoms with Gasteiger partial charge < -0.3 is 5.73 Å². The first-order valence-corrected chi connectivity index (χ1v) is 5.03. The third-order valence-electron chi connectivity index (χ3n) is 2.24. The minimum absolute atomic E-state index is 0.597. The van der Waals surface area contributed by atoms with Crippen LogP contribution in [0.25, 0.3) is 5.57 Å². The second-order valence-electron chi connectivity index (χ2n) is 3.37. The summed E-state index contributed by atoms with van der Waals surface area (Å²) in [6.07, 6.45) is 7.73. The van der Waals surface area contributed by atoms with E-state index in [1.807, 2.05) is 12.2 Å². The van der Waals surface area contributed by atoms with Gasteiger partial charge >= 0.3 is 0 Å². The number of rotatable bonds is 4. The van der Waals surface area contributed by atoms with Crippen molar-refractivity contribution in [3.63, 3.8) is 0 Å². The first-order chi connectivity index (χ1) is 7.27. The van der Waals surface area contributed by atoms with Gasteiger partial charge in [-0.3, -0.25) is 0 Å². The summed E-state index contributed by atoms with van der Waals surface area (Å²) in [7, 11) is 0. The van der Waals surface area contributed by atoms with Crippen LogP contribution in [0.3, 0.4) is 0 Å². The molecule has 0 atom stereocenters. The van der Waals surface area contributed by atoms with Gasteiger partial charge in [-0.2, -0.15) is 0 Å². The number of benzene rings is 1. The van der Waals surface area contributed by atoms with E-state index >= 15 is 0 Å². The molecule has 0 aliphatic rings. The summed E-state index contributed by atoms with van der Waals surface area (Å²) in [5.41, 5.74) is 9.15. The van der Waals surface area contributed by atoms with Crippen molar-refractivity contribution in [3.05, 3.63) is 66.3 Å². The second-order valence-corrected chi connectivity index (χ2v) is 3.37. The van der Waals surface area contributed by atoms with Crippen LogP contribution in [0.15, 0.2) is 55.1 Å². The highest BCUT2D eigenvalue weighted by atomic mass is 14.5. The van der Waals surface area contributed by atoms with E-state index in [1.54, 1.807) is 6.08 Å². The van der Waals surface area contributed by atoms with Gasteiger partial charge in [0.15, 0.2) is 0 Å². The standard InChI is InChI=1S/C14H17N/c1-3-4-5-6-12(2)14-9-7-13(11-15)8-10-14/h3-10H,1,11,15H2,2H3/b5-4-,12-6+. The highest BCUT2D eigenvalue weighted by Crippen LogP contribution is 2.14. The lowest BCUT2D eigenvalue weighted by Crippen LogP contribution is -1.95. The number of nitrogens with two attached hydrogens (primary N) is 1. The van der Waals surface area contributed by atoms with Gasteiger partial charge in [-0.15, -0.1) is 0 Å². The van der Waals surface area contributed by atoms with Crippen molar-refractivity contribution < 1.29 is 0 Å². The molecular weight excluding hydrogens is 182 g/mol. The Morgan fingerprint density at radius 3 is 2.47 bits per heavy atom. The summed E-state index contributed by atoms with van der Waals surface area (Å²) in [5.74, 6) is 0. The Bertz CT molecular complexity index is 369. The predicted octanol–water partition coefficient (Wildman–Crippen LogP) is 3.29. The molecule has 0 saturated heterocycles. The van der Waals surface area contributed by atoms with Crippen LogP contribution in [0, 0.1) is 0 Å². The van der Waals surface area contributed by atoms with E-state index < -0.39 is 0 Å². The van der Waals surface area contributed by atoms with Crippen molar-refractivity contribution in [1.82, 2.24) is 0 Å². The van der Waals surface area contributed by atoms with Gasteiger partial charge in [-0.1, -0.05) is 55.1 Å². The largest absolute Gasteiger partial charge is 0.326 e. The Kier molecular flexibility index (Phi) is 4.58. The fraction of sp³-hybridized carbons (Fsp3) is 0.143. The lowest BCUT2D eigenvalue weighted by atomic mass is 10.1. The molecule has 15 heavy (non-hydrogen) atoms. The first kappa shape index (κ1) is 11.5. The van der Waals surface area contributed by atoms with E-state index in [1.165, 1.54) is 11.1 Å². The van der Waals surface area contributed by atoms with E-state index in [0.717, 1.165) is 5.56 Å². The SMILES string of the molecule is C=C/C=C\C=C(/C)c1ccc(CN)cc1. The predicted molar refractivity (Wildman–Crippen MR) is 67.3 cm³/mol. The quantitative estimate of drug-likeness (QED) is 0.740. The van der Waals surface area contributed by atoms with Crippen LogP contribution in [0.2, 0.25) is 0 Å². The van der Waals surface area contributed by atoms with E-state index in [9.17, 15) is 0 Å². The van der Waals surface area contributed by atoms with Gasteiger partial charge in [-0.25, -0.2) is 0 Å². The van der Waals surface area contributed by atoms with E-state index in [4.69, 9.17) is 5.73 Å². The van der Waals surface area contributed by atoms with Crippen LogP contribution in [0.1, 0.15) is 18.1 Å². The molecule has 1 heteroatoms. The van der Waals surface area contributed by atoms with E-state index in [2.05, 4.69) is 43.8 Å². The number of hydrogen-bond donors (Lipinski definition) is 1. The van der Waals surface area contributed by atoms with Crippen molar-refractivity contribution in [2.75, 3.05) is 0 Å². The highest BCUT2D eigenvalue weighted by molar-refractivity contribution is 5.65. The summed E-state index contributed by atoms with van der Waals surface area (Å²) >= 11 is 0. The topological polar surface area (TPSA) is 26.0 Å². The van der Waals surface area contributed by atoms with Crippen LogP contribution in [0.5, 0.6) is 0 Å². The molecule has 0 radical (unpaired) electrons. The maximum atomic E-state index is 5.54. The molecule has 78 valence electrons. The summed E-state index contributed by atoms with van der Waals surface area (Å²) in [6, 6.07) is 8.30. The molecule has 0 aromatic heterocycles. The smallest absolute Gasteiger partial charge is 0.0178 e. The van der Waals surface area contributed by atoms with Gasteiger partial charge in [0, 0.05) is 6.54 Å². The zero-order chi connectivity index (χ0) is 11.1. The number of hydrogen-bond acceptors (Lipinski definition) is 1. The molecule has 0 amide bonds. The van der Waals surface area contributed by atoms with Crippen LogP contribution in [-0.2, 0) is 6.54 Å². The van der Waals surface area contributed by atoms with Crippen molar-refractivity contribution in [3.8, 4) is 0 Å². The van der Waals surface area contributed by atoms with Crippen molar-refractivity contribution in [2.24, 2.45) is 5.73 Å². The fourth-order valence-electron chi connectivity index (χ4n) is 1.28. The van der Waals surface area contributed by atoms with Crippen molar-refractivity contribution in [1.29, 1.82) is 0 Å². The molecule has 1 nitrogen and oxygen atoms in total. The Morgan fingerprint density at radius 1 is 1.27 bits per heavy atom. The van der Waals surface area contributed by atoms with Gasteiger partial charge in [0.2, 0.25) is 0 Å². The second kappa shape index (κ2) is 5.99. The molecule has 0 bridgehead atoms. The van der Waals surface area contributed by atoms with Crippen LogP contribution >= 0.6 is 0 Å². The Hall–Kier alpha value is -1.60. The van der Waals surface area contributed by atoms with E-state index in [0.29, 0.717) is 6.54 Å². The molecule has 0 saturated carbocycles. The third-order valence-corrected chi connectivity index (χ3v) is 2.24. The molecule has 0 spiro atoms. The van der Waals surface area contributed by atoms with Gasteiger partial charge in [0.05, 0.1) is 0 Å². The van der Waals surface area contributed by atoms with Gasteiger partial charge in [-0.05, 0) is 23.6 Å². The Labute approximate surface area is 91.6 Å². The lowest BCUT2D eigenvalue weighted by Gasteiger charge is -2.01. The van der Waals surface area contributed by atoms with Crippen LogP contribution in [-0.4, -0.2) is 0 Å². The van der Waals surface area contributed by atoms with Gasteiger partial charge in [0.1, 0.15) is 0 Å². The maximum absolute atomic E-state index is 5.54. The lowest BCUT2D eigenvalue weighted by molar-refractivity contribution is 1.07. The average Bonchev–Trinajstić information content (AvgIpc) is 2.29. The first-order valence-electron chi connectivity index (χ1n) is 5.03.